The lowest BCUT2D eigenvalue weighted by atomic mass is 9.74. The lowest BCUT2D eigenvalue weighted by molar-refractivity contribution is -0.0672. The Labute approximate surface area is 127 Å². The second-order valence-corrected chi connectivity index (χ2v) is 6.82. The molecule has 3 nitrogen and oxygen atoms in total. The van der Waals surface area contributed by atoms with Crippen molar-refractivity contribution in [3.8, 4) is 5.75 Å². The van der Waals surface area contributed by atoms with Crippen molar-refractivity contribution in [2.75, 3.05) is 7.11 Å². The summed E-state index contributed by atoms with van der Waals surface area (Å²) in [7, 11) is 1.81. The molecule has 0 amide bonds. The van der Waals surface area contributed by atoms with Gasteiger partial charge in [-0.1, -0.05) is 19.1 Å². The first-order valence-corrected chi connectivity index (χ1v) is 8.20. The molecule has 0 aliphatic heterocycles. The van der Waals surface area contributed by atoms with E-state index in [1.807, 2.05) is 12.1 Å². The molecule has 0 spiro atoms. The van der Waals surface area contributed by atoms with Crippen molar-refractivity contribution in [2.45, 2.75) is 63.2 Å². The number of hydrogen-bond donors (Lipinski definition) is 1. The predicted octanol–water partition coefficient (Wildman–Crippen LogP) is 3.82. The Balaban J connectivity index is 1.71. The van der Waals surface area contributed by atoms with Crippen LogP contribution >= 0.6 is 0 Å². The first-order chi connectivity index (χ1) is 10.1. The van der Waals surface area contributed by atoms with E-state index in [9.17, 15) is 0 Å². The van der Waals surface area contributed by atoms with Gasteiger partial charge in [0, 0.05) is 7.11 Å². The van der Waals surface area contributed by atoms with Crippen LogP contribution in [0.15, 0.2) is 24.3 Å². The molecule has 0 radical (unpaired) electrons. The van der Waals surface area contributed by atoms with Crippen LogP contribution in [0.1, 0.15) is 57.1 Å². The fraction of sp³-hybridized carbons (Fsp3) is 0.667. The number of methoxy groups -OCH3 is 1. The Kier molecular flexibility index (Phi) is 4.23. The van der Waals surface area contributed by atoms with Crippen molar-refractivity contribution in [1.29, 1.82) is 0 Å². The Hall–Kier alpha value is -1.06. The van der Waals surface area contributed by atoms with E-state index in [0.29, 0.717) is 6.10 Å². The summed E-state index contributed by atoms with van der Waals surface area (Å²) in [6.45, 7) is 2.31. The smallest absolute Gasteiger partial charge is 0.119 e. The molecule has 2 N–H and O–H groups in total. The highest BCUT2D eigenvalue weighted by Gasteiger charge is 2.40. The molecule has 1 aromatic carbocycles. The minimum atomic E-state index is -0.203. The molecule has 1 atom stereocenters. The van der Waals surface area contributed by atoms with Crippen molar-refractivity contribution in [3.63, 3.8) is 0 Å². The largest absolute Gasteiger partial charge is 0.490 e. The molecule has 0 aromatic heterocycles. The molecule has 2 aliphatic carbocycles. The maximum Gasteiger partial charge on any atom is 0.119 e. The number of benzene rings is 1. The molecule has 1 aromatic rings. The molecule has 0 heterocycles. The third-order valence-corrected chi connectivity index (χ3v) is 5.16. The Bertz CT molecular complexity index is 459. The number of rotatable bonds is 5. The van der Waals surface area contributed by atoms with Gasteiger partial charge in [-0.3, -0.25) is 0 Å². The maximum absolute atomic E-state index is 6.56. The third-order valence-electron chi connectivity index (χ3n) is 5.16. The summed E-state index contributed by atoms with van der Waals surface area (Å²) in [5.74, 6) is 1.74. The monoisotopic (exact) mass is 289 g/mol. The molecule has 2 saturated carbocycles. The van der Waals surface area contributed by atoms with Crippen molar-refractivity contribution in [2.24, 2.45) is 11.7 Å². The fourth-order valence-electron chi connectivity index (χ4n) is 3.33. The van der Waals surface area contributed by atoms with Gasteiger partial charge in [0.1, 0.15) is 5.75 Å². The van der Waals surface area contributed by atoms with E-state index in [-0.39, 0.29) is 11.6 Å². The number of nitrogens with two attached hydrogens (primary N) is 1. The summed E-state index contributed by atoms with van der Waals surface area (Å²) in [6, 6.07) is 8.22. The minimum absolute atomic E-state index is 0.0648. The Morgan fingerprint density at radius 3 is 2.24 bits per heavy atom. The zero-order chi connectivity index (χ0) is 14.9. The molecule has 116 valence electrons. The zero-order valence-electron chi connectivity index (χ0n) is 13.2. The van der Waals surface area contributed by atoms with E-state index in [1.54, 1.807) is 7.11 Å². The van der Waals surface area contributed by atoms with Crippen LogP contribution in [-0.2, 0) is 4.74 Å². The van der Waals surface area contributed by atoms with Gasteiger partial charge in [-0.25, -0.2) is 0 Å². The van der Waals surface area contributed by atoms with E-state index in [4.69, 9.17) is 15.2 Å². The maximum atomic E-state index is 6.56. The average Bonchev–Trinajstić information content (AvgIpc) is 3.33. The van der Waals surface area contributed by atoms with Crippen molar-refractivity contribution in [3.05, 3.63) is 29.8 Å². The van der Waals surface area contributed by atoms with Gasteiger partial charge in [0.2, 0.25) is 0 Å². The Morgan fingerprint density at radius 1 is 1.10 bits per heavy atom. The zero-order valence-corrected chi connectivity index (χ0v) is 13.2. The van der Waals surface area contributed by atoms with Crippen molar-refractivity contribution < 1.29 is 9.47 Å². The topological polar surface area (TPSA) is 44.5 Å². The second-order valence-electron chi connectivity index (χ2n) is 6.82. The van der Waals surface area contributed by atoms with Gasteiger partial charge in [0.15, 0.2) is 0 Å². The Morgan fingerprint density at radius 2 is 1.71 bits per heavy atom. The van der Waals surface area contributed by atoms with E-state index >= 15 is 0 Å². The van der Waals surface area contributed by atoms with E-state index in [0.717, 1.165) is 30.1 Å². The highest BCUT2D eigenvalue weighted by molar-refractivity contribution is 5.31. The molecule has 3 heteroatoms. The molecule has 21 heavy (non-hydrogen) atoms. The van der Waals surface area contributed by atoms with E-state index in [1.165, 1.54) is 25.7 Å². The lowest BCUT2D eigenvalue weighted by Gasteiger charge is -2.42. The van der Waals surface area contributed by atoms with Gasteiger partial charge in [0.05, 0.1) is 17.7 Å². The molecular formula is C18H27NO2. The van der Waals surface area contributed by atoms with E-state index in [2.05, 4.69) is 19.1 Å². The van der Waals surface area contributed by atoms with Crippen LogP contribution < -0.4 is 10.5 Å². The van der Waals surface area contributed by atoms with Gasteiger partial charge >= 0.3 is 0 Å². The van der Waals surface area contributed by atoms with Gasteiger partial charge in [-0.05, 0) is 62.1 Å². The highest BCUT2D eigenvalue weighted by Crippen LogP contribution is 2.42. The first kappa shape index (κ1) is 14.9. The standard InChI is InChI=1S/C18H27NO2/c1-13-9-11-18(20-2,12-10-13)17(19)14-3-5-15(6-4-14)21-16-7-8-16/h3-6,13,16-17H,7-12,19H2,1-2H3. The highest BCUT2D eigenvalue weighted by atomic mass is 16.5. The molecule has 0 saturated heterocycles. The van der Waals surface area contributed by atoms with Crippen LogP contribution in [0.2, 0.25) is 0 Å². The summed E-state index contributed by atoms with van der Waals surface area (Å²) in [6.07, 6.45) is 7.31. The fourth-order valence-corrected chi connectivity index (χ4v) is 3.33. The molecule has 1 unspecified atom stereocenters. The van der Waals surface area contributed by atoms with Gasteiger partial charge < -0.3 is 15.2 Å². The molecule has 0 bridgehead atoms. The predicted molar refractivity (Wildman–Crippen MR) is 84.4 cm³/mol. The normalized spacial score (nSPS) is 30.9. The quantitative estimate of drug-likeness (QED) is 0.896. The number of hydrogen-bond acceptors (Lipinski definition) is 3. The minimum Gasteiger partial charge on any atom is -0.490 e. The summed E-state index contributed by atoms with van der Waals surface area (Å²) in [5.41, 5.74) is 7.50. The van der Waals surface area contributed by atoms with Gasteiger partial charge in [-0.2, -0.15) is 0 Å². The molecule has 2 fully saturated rings. The first-order valence-electron chi connectivity index (χ1n) is 8.20. The van der Waals surface area contributed by atoms with Crippen molar-refractivity contribution >= 4 is 0 Å². The van der Waals surface area contributed by atoms with Crippen LogP contribution in [0.4, 0.5) is 0 Å². The van der Waals surface area contributed by atoms with Crippen LogP contribution in [-0.4, -0.2) is 18.8 Å². The van der Waals surface area contributed by atoms with E-state index < -0.39 is 0 Å². The second kappa shape index (κ2) is 5.98. The average molecular weight is 289 g/mol. The number of ether oxygens (including phenoxy) is 2. The summed E-state index contributed by atoms with van der Waals surface area (Å²) in [5, 5.41) is 0. The van der Waals surface area contributed by atoms with Crippen molar-refractivity contribution in [1.82, 2.24) is 0 Å². The summed E-state index contributed by atoms with van der Waals surface area (Å²) >= 11 is 0. The van der Waals surface area contributed by atoms with Crippen LogP contribution in [0.3, 0.4) is 0 Å². The lowest BCUT2D eigenvalue weighted by Crippen LogP contribution is -2.45. The van der Waals surface area contributed by atoms with Gasteiger partial charge in [-0.15, -0.1) is 0 Å². The van der Waals surface area contributed by atoms with Crippen LogP contribution in [0.5, 0.6) is 5.75 Å². The van der Waals surface area contributed by atoms with Crippen LogP contribution in [0, 0.1) is 5.92 Å². The third kappa shape index (κ3) is 3.24. The molecular weight excluding hydrogens is 262 g/mol. The van der Waals surface area contributed by atoms with Crippen LogP contribution in [0.25, 0.3) is 0 Å². The molecule has 3 rings (SSSR count). The summed E-state index contributed by atoms with van der Waals surface area (Å²) in [4.78, 5) is 0. The summed E-state index contributed by atoms with van der Waals surface area (Å²) < 4.78 is 11.7. The van der Waals surface area contributed by atoms with Gasteiger partial charge in [0.25, 0.3) is 0 Å². The molecule has 2 aliphatic rings. The SMILES string of the molecule is COC1(C(N)c2ccc(OC3CC3)cc2)CCC(C)CC1.